The molecule has 3 N–H and O–H groups in total. The Morgan fingerprint density at radius 3 is 2.59 bits per heavy atom. The van der Waals surface area contributed by atoms with Gasteiger partial charge in [-0.15, -0.1) is 0 Å². The van der Waals surface area contributed by atoms with Crippen LogP contribution in [0.4, 0.5) is 10.1 Å². The molecule has 0 aliphatic rings. The highest BCUT2D eigenvalue weighted by Gasteiger charge is 2.15. The topological polar surface area (TPSA) is 38.0 Å². The van der Waals surface area contributed by atoms with E-state index in [-0.39, 0.29) is 16.2 Å². The molecule has 4 heteroatoms. The molecule has 2 nitrogen and oxygen atoms in total. The Morgan fingerprint density at radius 2 is 2.12 bits per heavy atom. The smallest absolute Gasteiger partial charge is 0.146 e. The van der Waals surface area contributed by atoms with Gasteiger partial charge in [0.1, 0.15) is 10.8 Å². The number of anilines is 1. The molecule has 94 valence electrons. The van der Waals surface area contributed by atoms with Crippen LogP contribution >= 0.6 is 12.2 Å². The summed E-state index contributed by atoms with van der Waals surface area (Å²) in [5, 5.41) is 3.11. The average molecular weight is 254 g/mol. The summed E-state index contributed by atoms with van der Waals surface area (Å²) in [5.74, 6) is -0.317. The second-order valence-corrected chi connectivity index (χ2v) is 5.37. The van der Waals surface area contributed by atoms with Crippen LogP contribution in [0.5, 0.6) is 0 Å². The molecule has 0 heterocycles. The quantitative estimate of drug-likeness (QED) is 0.792. The van der Waals surface area contributed by atoms with Gasteiger partial charge in [-0.1, -0.05) is 33.0 Å². The van der Waals surface area contributed by atoms with E-state index in [2.05, 4.69) is 26.1 Å². The largest absolute Gasteiger partial charge is 0.389 e. The first kappa shape index (κ1) is 13.9. The van der Waals surface area contributed by atoms with Crippen molar-refractivity contribution in [1.82, 2.24) is 0 Å². The number of thiocarbonyl (C=S) groups is 1. The van der Waals surface area contributed by atoms with Crippen molar-refractivity contribution in [2.24, 2.45) is 11.1 Å². The minimum atomic E-state index is -0.317. The van der Waals surface area contributed by atoms with Crippen LogP contribution in [0.3, 0.4) is 0 Å². The number of nitrogens with one attached hydrogen (secondary N) is 1. The molecule has 0 aromatic heterocycles. The van der Waals surface area contributed by atoms with Gasteiger partial charge in [0.2, 0.25) is 0 Å². The van der Waals surface area contributed by atoms with Gasteiger partial charge in [-0.25, -0.2) is 4.39 Å². The summed E-state index contributed by atoms with van der Waals surface area (Å²) < 4.78 is 13.7. The standard InChI is InChI=1S/C13H19FN2S/c1-4-13(2,3)8-16-11-6-5-9(12(15)17)7-10(11)14/h5-7,16H,4,8H2,1-3H3,(H2,15,17). The predicted molar refractivity (Wildman–Crippen MR) is 74.8 cm³/mol. The molecular weight excluding hydrogens is 235 g/mol. The Balaban J connectivity index is 2.77. The van der Waals surface area contributed by atoms with Gasteiger partial charge < -0.3 is 11.1 Å². The number of rotatable bonds is 5. The van der Waals surface area contributed by atoms with Crippen LogP contribution < -0.4 is 11.1 Å². The van der Waals surface area contributed by atoms with Gasteiger partial charge in [0.05, 0.1) is 5.69 Å². The van der Waals surface area contributed by atoms with Crippen molar-refractivity contribution in [3.8, 4) is 0 Å². The van der Waals surface area contributed by atoms with Crippen molar-refractivity contribution >= 4 is 22.9 Å². The summed E-state index contributed by atoms with van der Waals surface area (Å²) in [6.45, 7) is 7.13. The predicted octanol–water partition coefficient (Wildman–Crippen LogP) is 3.31. The highest BCUT2D eigenvalue weighted by molar-refractivity contribution is 7.80. The van der Waals surface area contributed by atoms with Crippen LogP contribution in [0.25, 0.3) is 0 Å². The van der Waals surface area contributed by atoms with Crippen molar-refractivity contribution in [1.29, 1.82) is 0 Å². The summed E-state index contributed by atoms with van der Waals surface area (Å²) in [5.41, 5.74) is 6.63. The number of hydrogen-bond donors (Lipinski definition) is 2. The van der Waals surface area contributed by atoms with E-state index in [0.29, 0.717) is 11.3 Å². The van der Waals surface area contributed by atoms with Gasteiger partial charge in [0.25, 0.3) is 0 Å². The van der Waals surface area contributed by atoms with E-state index in [0.717, 1.165) is 13.0 Å². The maximum atomic E-state index is 13.7. The second kappa shape index (κ2) is 5.45. The van der Waals surface area contributed by atoms with Crippen LogP contribution in [0, 0.1) is 11.2 Å². The van der Waals surface area contributed by atoms with Crippen LogP contribution in [0.2, 0.25) is 0 Å². The van der Waals surface area contributed by atoms with Gasteiger partial charge in [0.15, 0.2) is 0 Å². The molecule has 0 unspecified atom stereocenters. The number of nitrogens with two attached hydrogens (primary N) is 1. The van der Waals surface area contributed by atoms with Crippen molar-refractivity contribution in [3.05, 3.63) is 29.6 Å². The molecule has 0 amide bonds. The summed E-state index contributed by atoms with van der Waals surface area (Å²) in [7, 11) is 0. The lowest BCUT2D eigenvalue weighted by molar-refractivity contribution is 0.376. The van der Waals surface area contributed by atoms with E-state index in [1.807, 2.05) is 0 Å². The maximum Gasteiger partial charge on any atom is 0.146 e. The lowest BCUT2D eigenvalue weighted by atomic mass is 9.90. The third-order valence-corrected chi connectivity index (χ3v) is 3.20. The highest BCUT2D eigenvalue weighted by Crippen LogP contribution is 2.22. The van der Waals surface area contributed by atoms with Gasteiger partial charge in [-0.2, -0.15) is 0 Å². The first-order valence-electron chi connectivity index (χ1n) is 5.69. The molecule has 0 atom stereocenters. The molecule has 17 heavy (non-hydrogen) atoms. The Labute approximate surface area is 107 Å². The van der Waals surface area contributed by atoms with Gasteiger partial charge >= 0.3 is 0 Å². The molecule has 0 spiro atoms. The number of hydrogen-bond acceptors (Lipinski definition) is 2. The van der Waals surface area contributed by atoms with Crippen LogP contribution in [-0.4, -0.2) is 11.5 Å². The zero-order valence-corrected chi connectivity index (χ0v) is 11.3. The Kier molecular flexibility index (Phi) is 4.46. The minimum Gasteiger partial charge on any atom is -0.389 e. The molecule has 1 aromatic rings. The molecule has 1 rings (SSSR count). The van der Waals surface area contributed by atoms with Crippen molar-refractivity contribution in [3.63, 3.8) is 0 Å². The fourth-order valence-electron chi connectivity index (χ4n) is 1.27. The van der Waals surface area contributed by atoms with Crippen molar-refractivity contribution in [2.75, 3.05) is 11.9 Å². The van der Waals surface area contributed by atoms with E-state index < -0.39 is 0 Å². The maximum absolute atomic E-state index is 13.7. The Hall–Kier alpha value is -1.16. The van der Waals surface area contributed by atoms with E-state index in [9.17, 15) is 4.39 Å². The van der Waals surface area contributed by atoms with E-state index in [4.69, 9.17) is 18.0 Å². The van der Waals surface area contributed by atoms with Gasteiger partial charge in [0, 0.05) is 12.1 Å². The van der Waals surface area contributed by atoms with Crippen LogP contribution in [-0.2, 0) is 0 Å². The molecule has 1 aromatic carbocycles. The third kappa shape index (κ3) is 3.97. The van der Waals surface area contributed by atoms with Crippen LogP contribution in [0.1, 0.15) is 32.8 Å². The lowest BCUT2D eigenvalue weighted by Crippen LogP contribution is -2.22. The molecule has 0 saturated heterocycles. The summed E-state index contributed by atoms with van der Waals surface area (Å²) >= 11 is 4.80. The first-order chi connectivity index (χ1) is 7.85. The van der Waals surface area contributed by atoms with E-state index in [1.165, 1.54) is 6.07 Å². The van der Waals surface area contributed by atoms with Crippen molar-refractivity contribution < 1.29 is 4.39 Å². The lowest BCUT2D eigenvalue weighted by Gasteiger charge is -2.23. The number of benzene rings is 1. The summed E-state index contributed by atoms with van der Waals surface area (Å²) in [6.07, 6.45) is 1.03. The molecule has 0 radical (unpaired) electrons. The number of halogens is 1. The Bertz CT molecular complexity index is 416. The summed E-state index contributed by atoms with van der Waals surface area (Å²) in [4.78, 5) is 0.212. The SMILES string of the molecule is CCC(C)(C)CNc1ccc(C(N)=S)cc1F. The third-order valence-electron chi connectivity index (χ3n) is 2.97. The van der Waals surface area contributed by atoms with Crippen molar-refractivity contribution in [2.45, 2.75) is 27.2 Å². The molecule has 0 aliphatic heterocycles. The molecular formula is C13H19FN2S. The second-order valence-electron chi connectivity index (χ2n) is 4.93. The average Bonchev–Trinajstić information content (AvgIpc) is 2.27. The molecule has 0 bridgehead atoms. The van der Waals surface area contributed by atoms with Gasteiger partial charge in [-0.3, -0.25) is 0 Å². The van der Waals surface area contributed by atoms with E-state index >= 15 is 0 Å². The zero-order chi connectivity index (χ0) is 13.1. The molecule has 0 aliphatic carbocycles. The first-order valence-corrected chi connectivity index (χ1v) is 6.10. The van der Waals surface area contributed by atoms with E-state index in [1.54, 1.807) is 12.1 Å². The minimum absolute atomic E-state index is 0.147. The zero-order valence-electron chi connectivity index (χ0n) is 10.5. The fourth-order valence-corrected chi connectivity index (χ4v) is 1.40. The molecule has 0 saturated carbocycles. The van der Waals surface area contributed by atoms with Crippen LogP contribution in [0.15, 0.2) is 18.2 Å². The normalized spacial score (nSPS) is 11.3. The summed E-state index contributed by atoms with van der Waals surface area (Å²) in [6, 6.07) is 4.77. The fraction of sp³-hybridized carbons (Fsp3) is 0.462. The molecule has 0 fully saturated rings. The monoisotopic (exact) mass is 254 g/mol. The van der Waals surface area contributed by atoms with Gasteiger partial charge in [-0.05, 0) is 30.0 Å². The Morgan fingerprint density at radius 1 is 1.47 bits per heavy atom. The highest BCUT2D eigenvalue weighted by atomic mass is 32.1.